The maximum atomic E-state index is 9.31. The van der Waals surface area contributed by atoms with Gasteiger partial charge in [-0.15, -0.1) is 0 Å². The molecule has 0 amide bonds. The second-order valence-corrected chi connectivity index (χ2v) is 2.44. The van der Waals surface area contributed by atoms with E-state index in [4.69, 9.17) is 0 Å². The van der Waals surface area contributed by atoms with Crippen molar-refractivity contribution in [1.29, 1.82) is 0 Å². The third kappa shape index (κ3) is 0.871. The predicted octanol–water partition coefficient (Wildman–Crippen LogP) is 1.45. The molecule has 1 heterocycles. The number of phenols is 1. The molecular weight excluding hydrogens is 154 g/mol. The summed E-state index contributed by atoms with van der Waals surface area (Å²) >= 11 is 0. The lowest BCUT2D eigenvalue weighted by atomic mass is 10.2. The van der Waals surface area contributed by atoms with Crippen LogP contribution in [0.3, 0.4) is 0 Å². The molecule has 3 nitrogen and oxygen atoms in total. The van der Waals surface area contributed by atoms with Crippen LogP contribution in [0.1, 0.15) is 0 Å². The molecule has 2 N–H and O–H groups in total. The lowest BCUT2D eigenvalue weighted by Gasteiger charge is -1.99. The highest BCUT2D eigenvalue weighted by atomic mass is 16.3. The van der Waals surface area contributed by atoms with E-state index in [1.165, 1.54) is 12.1 Å². The Bertz CT molecular complexity index is 385. The average Bonchev–Trinajstić information content (AvgIpc) is 2.07. The van der Waals surface area contributed by atoms with Crippen LogP contribution in [0.5, 0.6) is 11.5 Å². The third-order valence-electron chi connectivity index (χ3n) is 1.67. The van der Waals surface area contributed by atoms with Gasteiger partial charge in [-0.3, -0.25) is 0 Å². The lowest BCUT2D eigenvalue weighted by molar-refractivity contribution is 0.474. The number of para-hydroxylation sites is 1. The maximum Gasteiger partial charge on any atom is 0.141 e. The largest absolute Gasteiger partial charge is 0.507 e. The van der Waals surface area contributed by atoms with Crippen molar-refractivity contribution in [3.05, 3.63) is 30.5 Å². The fraction of sp³-hybridized carbons (Fsp3) is 0. The van der Waals surface area contributed by atoms with Crippen LogP contribution >= 0.6 is 0 Å². The maximum absolute atomic E-state index is 9.31. The van der Waals surface area contributed by atoms with Crippen LogP contribution in [-0.2, 0) is 0 Å². The molecule has 0 bridgehead atoms. The molecule has 0 aliphatic heterocycles. The summed E-state index contributed by atoms with van der Waals surface area (Å²) in [6.45, 7) is 0. The summed E-state index contributed by atoms with van der Waals surface area (Å²) in [7, 11) is 0. The van der Waals surface area contributed by atoms with E-state index in [0.717, 1.165) is 0 Å². The van der Waals surface area contributed by atoms with Gasteiger partial charge in [0.1, 0.15) is 17.0 Å². The van der Waals surface area contributed by atoms with Gasteiger partial charge in [0.2, 0.25) is 0 Å². The standard InChI is InChI=1S/C9H6NO2/c11-7-4-5-10-9-6(7)2-1-3-8(9)12/h1-4,12H,(H,10,11). The van der Waals surface area contributed by atoms with Gasteiger partial charge >= 0.3 is 0 Å². The van der Waals surface area contributed by atoms with Gasteiger partial charge in [0.25, 0.3) is 0 Å². The molecule has 59 valence electrons. The minimum atomic E-state index is 0.0552. The van der Waals surface area contributed by atoms with Gasteiger partial charge < -0.3 is 10.2 Å². The number of fused-ring (bicyclic) bond motifs is 1. The Hall–Kier alpha value is -1.77. The highest BCUT2D eigenvalue weighted by molar-refractivity contribution is 5.88. The van der Waals surface area contributed by atoms with E-state index in [2.05, 4.69) is 11.2 Å². The molecule has 0 saturated heterocycles. The number of benzene rings is 1. The van der Waals surface area contributed by atoms with Crippen LogP contribution in [0.25, 0.3) is 10.9 Å². The van der Waals surface area contributed by atoms with Crippen molar-refractivity contribution in [2.75, 3.05) is 0 Å². The van der Waals surface area contributed by atoms with Gasteiger partial charge in [-0.1, -0.05) is 6.07 Å². The predicted molar refractivity (Wildman–Crippen MR) is 43.9 cm³/mol. The number of phenolic OH excluding ortho intramolecular Hbond substituents is 1. The summed E-state index contributed by atoms with van der Waals surface area (Å²) in [6.07, 6.45) is 2.48. The first-order valence-electron chi connectivity index (χ1n) is 3.47. The fourth-order valence-corrected chi connectivity index (χ4v) is 1.09. The van der Waals surface area contributed by atoms with Crippen LogP contribution in [0.4, 0.5) is 0 Å². The molecule has 1 radical (unpaired) electrons. The minimum Gasteiger partial charge on any atom is -0.507 e. The number of rotatable bonds is 0. The quantitative estimate of drug-likeness (QED) is 0.613. The van der Waals surface area contributed by atoms with Crippen LogP contribution in [0, 0.1) is 6.20 Å². The van der Waals surface area contributed by atoms with Gasteiger partial charge in [-0.25, -0.2) is 4.98 Å². The molecule has 0 atom stereocenters. The summed E-state index contributed by atoms with van der Waals surface area (Å²) in [5, 5.41) is 19.2. The molecule has 0 saturated carbocycles. The van der Waals surface area contributed by atoms with Crippen LogP contribution in [-0.4, -0.2) is 15.2 Å². The third-order valence-corrected chi connectivity index (χ3v) is 1.67. The highest BCUT2D eigenvalue weighted by Crippen LogP contribution is 2.27. The van der Waals surface area contributed by atoms with Crippen LogP contribution < -0.4 is 0 Å². The van der Waals surface area contributed by atoms with Gasteiger partial charge in [-0.2, -0.15) is 0 Å². The molecule has 0 spiro atoms. The van der Waals surface area contributed by atoms with Crippen molar-refractivity contribution in [2.24, 2.45) is 0 Å². The first-order valence-corrected chi connectivity index (χ1v) is 3.47. The number of hydrogen-bond acceptors (Lipinski definition) is 3. The Balaban J connectivity index is 2.94. The second kappa shape index (κ2) is 2.37. The molecule has 0 unspecified atom stereocenters. The Morgan fingerprint density at radius 2 is 2.00 bits per heavy atom. The normalized spacial score (nSPS) is 10.3. The molecule has 0 aliphatic rings. The van der Waals surface area contributed by atoms with Gasteiger partial charge in [-0.05, 0) is 12.1 Å². The van der Waals surface area contributed by atoms with E-state index in [9.17, 15) is 10.2 Å². The number of pyridine rings is 1. The Labute approximate surface area is 68.9 Å². The van der Waals surface area contributed by atoms with E-state index in [1.807, 2.05) is 0 Å². The number of aromatic hydroxyl groups is 2. The molecular formula is C9H6NO2. The molecule has 12 heavy (non-hydrogen) atoms. The molecule has 2 rings (SSSR count). The van der Waals surface area contributed by atoms with Crippen LogP contribution in [0.2, 0.25) is 0 Å². The van der Waals surface area contributed by atoms with Crippen molar-refractivity contribution >= 4 is 10.9 Å². The molecule has 1 aromatic heterocycles. The fourth-order valence-electron chi connectivity index (χ4n) is 1.09. The topological polar surface area (TPSA) is 53.4 Å². The van der Waals surface area contributed by atoms with Crippen LogP contribution in [0.15, 0.2) is 24.3 Å². The van der Waals surface area contributed by atoms with Gasteiger partial charge in [0.15, 0.2) is 0 Å². The van der Waals surface area contributed by atoms with Crippen molar-refractivity contribution in [2.45, 2.75) is 0 Å². The van der Waals surface area contributed by atoms with Crippen molar-refractivity contribution < 1.29 is 10.2 Å². The minimum absolute atomic E-state index is 0.0552. The molecule has 1 aromatic carbocycles. The molecule has 3 heteroatoms. The molecule has 0 aliphatic carbocycles. The molecule has 0 fully saturated rings. The summed E-state index contributed by atoms with van der Waals surface area (Å²) in [4.78, 5) is 3.81. The summed E-state index contributed by atoms with van der Waals surface area (Å²) in [5.41, 5.74) is 0.373. The summed E-state index contributed by atoms with van der Waals surface area (Å²) in [6, 6.07) is 6.22. The van der Waals surface area contributed by atoms with Crippen molar-refractivity contribution in [3.63, 3.8) is 0 Å². The Morgan fingerprint density at radius 3 is 2.75 bits per heavy atom. The first kappa shape index (κ1) is 6.91. The summed E-state index contributed by atoms with van der Waals surface area (Å²) in [5.74, 6) is 0.135. The second-order valence-electron chi connectivity index (χ2n) is 2.44. The number of nitrogens with zero attached hydrogens (tertiary/aromatic N) is 1. The van der Waals surface area contributed by atoms with Gasteiger partial charge in [0.05, 0.1) is 6.20 Å². The number of aromatic nitrogens is 1. The Morgan fingerprint density at radius 1 is 1.17 bits per heavy atom. The van der Waals surface area contributed by atoms with E-state index in [1.54, 1.807) is 12.1 Å². The Kier molecular flexibility index (Phi) is 1.37. The average molecular weight is 160 g/mol. The smallest absolute Gasteiger partial charge is 0.141 e. The SMILES string of the molecule is Oc1c[c]nc2c(O)cccc12. The van der Waals surface area contributed by atoms with Crippen molar-refractivity contribution in [3.8, 4) is 11.5 Å². The zero-order chi connectivity index (χ0) is 8.55. The van der Waals surface area contributed by atoms with E-state index < -0.39 is 0 Å². The highest BCUT2D eigenvalue weighted by Gasteiger charge is 2.02. The zero-order valence-corrected chi connectivity index (χ0v) is 6.15. The monoisotopic (exact) mass is 160 g/mol. The van der Waals surface area contributed by atoms with Crippen molar-refractivity contribution in [1.82, 2.24) is 4.98 Å². The zero-order valence-electron chi connectivity index (χ0n) is 6.15. The summed E-state index contributed by atoms with van der Waals surface area (Å²) < 4.78 is 0. The molecule has 2 aromatic rings. The first-order chi connectivity index (χ1) is 5.79. The van der Waals surface area contributed by atoms with E-state index >= 15 is 0 Å². The number of hydrogen-bond donors (Lipinski definition) is 2. The lowest BCUT2D eigenvalue weighted by Crippen LogP contribution is -1.79. The van der Waals surface area contributed by atoms with E-state index in [-0.39, 0.29) is 11.5 Å². The van der Waals surface area contributed by atoms with Gasteiger partial charge in [0, 0.05) is 11.5 Å². The van der Waals surface area contributed by atoms with E-state index in [0.29, 0.717) is 10.9 Å².